The van der Waals surface area contributed by atoms with Gasteiger partial charge in [0.2, 0.25) is 5.91 Å². The highest BCUT2D eigenvalue weighted by Gasteiger charge is 2.29. The minimum absolute atomic E-state index is 0.00434. The number of rotatable bonds is 0. The monoisotopic (exact) mass is 238 g/mol. The number of amides is 1. The van der Waals surface area contributed by atoms with Gasteiger partial charge in [-0.05, 0) is 39.0 Å². The Kier molecular flexibility index (Phi) is 2.58. The van der Waals surface area contributed by atoms with Gasteiger partial charge in [-0.25, -0.2) is 0 Å². The van der Waals surface area contributed by atoms with E-state index in [2.05, 4.69) is 31.0 Å². The number of halogens is 1. The first kappa shape index (κ1) is 11.3. The number of nitrogens with zero attached hydrogens (tertiary/aromatic N) is 1. The first-order chi connectivity index (χ1) is 7.38. The standard InChI is InChI=1S/C12H15ClN2O/c1-12(2,3)15-7-11(16)14-9-6-8(13)4-5-10(9)15/h4-6H,7H2,1-3H3,(H,14,16). The summed E-state index contributed by atoms with van der Waals surface area (Å²) >= 11 is 5.92. The summed E-state index contributed by atoms with van der Waals surface area (Å²) < 4.78 is 0. The molecular weight excluding hydrogens is 224 g/mol. The third kappa shape index (κ3) is 2.00. The number of carbonyl (C=O) groups is 1. The normalized spacial score (nSPS) is 15.8. The Hall–Kier alpha value is -1.22. The van der Waals surface area contributed by atoms with Crippen molar-refractivity contribution in [3.63, 3.8) is 0 Å². The molecule has 86 valence electrons. The molecule has 1 amide bonds. The van der Waals surface area contributed by atoms with E-state index in [0.29, 0.717) is 11.6 Å². The maximum absolute atomic E-state index is 11.6. The summed E-state index contributed by atoms with van der Waals surface area (Å²) in [4.78, 5) is 13.7. The molecule has 0 saturated carbocycles. The van der Waals surface area contributed by atoms with Gasteiger partial charge < -0.3 is 10.2 Å². The van der Waals surface area contributed by atoms with Crippen molar-refractivity contribution in [2.45, 2.75) is 26.3 Å². The molecule has 0 bridgehead atoms. The van der Waals surface area contributed by atoms with Crippen molar-refractivity contribution in [2.24, 2.45) is 0 Å². The predicted molar refractivity (Wildman–Crippen MR) is 67.2 cm³/mol. The lowest BCUT2D eigenvalue weighted by Gasteiger charge is -2.41. The molecule has 1 N–H and O–H groups in total. The molecular formula is C12H15ClN2O. The van der Waals surface area contributed by atoms with Crippen LogP contribution in [0.4, 0.5) is 11.4 Å². The second kappa shape index (κ2) is 3.67. The second-order valence-corrected chi connectivity index (χ2v) is 5.40. The molecule has 3 nitrogen and oxygen atoms in total. The Morgan fingerprint density at radius 2 is 2.06 bits per heavy atom. The van der Waals surface area contributed by atoms with E-state index in [1.807, 2.05) is 12.1 Å². The predicted octanol–water partition coefficient (Wildman–Crippen LogP) is 2.90. The lowest BCUT2D eigenvalue weighted by atomic mass is 10.0. The van der Waals surface area contributed by atoms with Gasteiger partial charge >= 0.3 is 0 Å². The number of hydrogen-bond donors (Lipinski definition) is 1. The summed E-state index contributed by atoms with van der Waals surface area (Å²) in [7, 11) is 0. The van der Waals surface area contributed by atoms with E-state index >= 15 is 0 Å². The molecule has 16 heavy (non-hydrogen) atoms. The lowest BCUT2D eigenvalue weighted by molar-refractivity contribution is -0.115. The van der Waals surface area contributed by atoms with Gasteiger partial charge in [-0.2, -0.15) is 0 Å². The first-order valence-corrected chi connectivity index (χ1v) is 5.63. The molecule has 0 fully saturated rings. The maximum atomic E-state index is 11.6. The Morgan fingerprint density at radius 3 is 2.69 bits per heavy atom. The Balaban J connectivity index is 2.50. The minimum Gasteiger partial charge on any atom is -0.356 e. The van der Waals surface area contributed by atoms with Crippen molar-refractivity contribution < 1.29 is 4.79 Å². The summed E-state index contributed by atoms with van der Waals surface area (Å²) in [6.07, 6.45) is 0. The van der Waals surface area contributed by atoms with Crippen LogP contribution in [0.3, 0.4) is 0 Å². The highest BCUT2D eigenvalue weighted by molar-refractivity contribution is 6.31. The number of hydrogen-bond acceptors (Lipinski definition) is 2. The van der Waals surface area contributed by atoms with Gasteiger partial charge in [0.15, 0.2) is 0 Å². The molecule has 0 unspecified atom stereocenters. The molecule has 1 aromatic rings. The topological polar surface area (TPSA) is 32.3 Å². The highest BCUT2D eigenvalue weighted by Crippen LogP contribution is 2.35. The van der Waals surface area contributed by atoms with E-state index in [0.717, 1.165) is 11.4 Å². The molecule has 1 heterocycles. The molecule has 0 aliphatic carbocycles. The van der Waals surface area contributed by atoms with Gasteiger partial charge in [0.25, 0.3) is 0 Å². The lowest BCUT2D eigenvalue weighted by Crippen LogP contribution is -2.48. The van der Waals surface area contributed by atoms with Gasteiger partial charge in [0, 0.05) is 10.6 Å². The third-order valence-corrected chi connectivity index (χ3v) is 2.87. The molecule has 0 saturated heterocycles. The number of carbonyl (C=O) groups excluding carboxylic acids is 1. The van der Waals surface area contributed by atoms with E-state index in [4.69, 9.17) is 11.6 Å². The average molecular weight is 239 g/mol. The largest absolute Gasteiger partial charge is 0.356 e. The molecule has 1 aliphatic heterocycles. The van der Waals surface area contributed by atoms with E-state index in [9.17, 15) is 4.79 Å². The van der Waals surface area contributed by atoms with Gasteiger partial charge in [-0.1, -0.05) is 11.6 Å². The molecule has 2 rings (SSSR count). The summed E-state index contributed by atoms with van der Waals surface area (Å²) in [5, 5.41) is 3.47. The zero-order chi connectivity index (χ0) is 11.9. The van der Waals surface area contributed by atoms with Crippen molar-refractivity contribution in [3.05, 3.63) is 23.2 Å². The van der Waals surface area contributed by atoms with Crippen LogP contribution in [-0.4, -0.2) is 18.0 Å². The fourth-order valence-corrected chi connectivity index (χ4v) is 2.03. The maximum Gasteiger partial charge on any atom is 0.243 e. The Bertz CT molecular complexity index is 437. The van der Waals surface area contributed by atoms with Crippen molar-refractivity contribution in [2.75, 3.05) is 16.8 Å². The summed E-state index contributed by atoms with van der Waals surface area (Å²) in [6.45, 7) is 6.65. The molecule has 0 atom stereocenters. The van der Waals surface area contributed by atoms with Gasteiger partial charge in [0.05, 0.1) is 17.9 Å². The van der Waals surface area contributed by atoms with Crippen LogP contribution < -0.4 is 10.2 Å². The van der Waals surface area contributed by atoms with Crippen LogP contribution in [0, 0.1) is 0 Å². The van der Waals surface area contributed by atoms with Crippen molar-refractivity contribution >= 4 is 28.9 Å². The molecule has 0 aromatic heterocycles. The average Bonchev–Trinajstić information content (AvgIpc) is 2.14. The zero-order valence-electron chi connectivity index (χ0n) is 9.67. The quantitative estimate of drug-likeness (QED) is 0.754. The summed E-state index contributed by atoms with van der Waals surface area (Å²) in [6, 6.07) is 5.58. The van der Waals surface area contributed by atoms with Gasteiger partial charge in [-0.3, -0.25) is 4.79 Å². The molecule has 0 radical (unpaired) electrons. The van der Waals surface area contributed by atoms with Crippen LogP contribution in [0.5, 0.6) is 0 Å². The first-order valence-electron chi connectivity index (χ1n) is 5.25. The Labute approximate surface area is 100 Å². The van der Waals surface area contributed by atoms with Crippen LogP contribution in [-0.2, 0) is 4.79 Å². The molecule has 1 aromatic carbocycles. The minimum atomic E-state index is -0.0830. The smallest absolute Gasteiger partial charge is 0.243 e. The van der Waals surface area contributed by atoms with Gasteiger partial charge in [-0.15, -0.1) is 0 Å². The fourth-order valence-electron chi connectivity index (χ4n) is 1.86. The fraction of sp³-hybridized carbons (Fsp3) is 0.417. The number of benzene rings is 1. The van der Waals surface area contributed by atoms with E-state index in [-0.39, 0.29) is 11.4 Å². The molecule has 0 spiro atoms. The molecule has 1 aliphatic rings. The van der Waals surface area contributed by atoms with Crippen molar-refractivity contribution in [3.8, 4) is 0 Å². The van der Waals surface area contributed by atoms with Crippen LogP contribution in [0.1, 0.15) is 20.8 Å². The number of nitrogens with one attached hydrogen (secondary N) is 1. The van der Waals surface area contributed by atoms with E-state index in [1.165, 1.54) is 0 Å². The van der Waals surface area contributed by atoms with Crippen LogP contribution >= 0.6 is 11.6 Å². The highest BCUT2D eigenvalue weighted by atomic mass is 35.5. The Morgan fingerprint density at radius 1 is 1.38 bits per heavy atom. The number of fused-ring (bicyclic) bond motifs is 1. The SMILES string of the molecule is CC(C)(C)N1CC(=O)Nc2cc(Cl)ccc21. The van der Waals surface area contributed by atoms with Crippen LogP contribution in [0.15, 0.2) is 18.2 Å². The van der Waals surface area contributed by atoms with Crippen molar-refractivity contribution in [1.29, 1.82) is 0 Å². The van der Waals surface area contributed by atoms with Crippen LogP contribution in [0.2, 0.25) is 5.02 Å². The summed E-state index contributed by atoms with van der Waals surface area (Å²) in [5.41, 5.74) is 1.73. The van der Waals surface area contributed by atoms with Crippen molar-refractivity contribution in [1.82, 2.24) is 0 Å². The molecule has 4 heteroatoms. The second-order valence-electron chi connectivity index (χ2n) is 4.97. The summed E-state index contributed by atoms with van der Waals surface area (Å²) in [5.74, 6) is 0.00434. The van der Waals surface area contributed by atoms with E-state index in [1.54, 1.807) is 6.07 Å². The van der Waals surface area contributed by atoms with Crippen LogP contribution in [0.25, 0.3) is 0 Å². The van der Waals surface area contributed by atoms with E-state index < -0.39 is 0 Å². The number of anilines is 2. The zero-order valence-corrected chi connectivity index (χ0v) is 10.4. The van der Waals surface area contributed by atoms with Gasteiger partial charge in [0.1, 0.15) is 0 Å². The third-order valence-electron chi connectivity index (χ3n) is 2.63.